The van der Waals surface area contributed by atoms with Gasteiger partial charge in [-0.3, -0.25) is 4.90 Å². The average molecular weight is 224 g/mol. The predicted octanol–water partition coefficient (Wildman–Crippen LogP) is 2.54. The number of aryl methyl sites for hydroxylation is 1. The maximum atomic E-state index is 5.68. The highest BCUT2D eigenvalue weighted by Gasteiger charge is 2.12. The van der Waals surface area contributed by atoms with Crippen LogP contribution in [0.3, 0.4) is 0 Å². The first-order valence-electron chi connectivity index (χ1n) is 6.01. The molecule has 0 aliphatic carbocycles. The van der Waals surface area contributed by atoms with Crippen molar-refractivity contribution in [1.29, 1.82) is 0 Å². The molecule has 1 unspecified atom stereocenters. The minimum absolute atomic E-state index is 0.613. The van der Waals surface area contributed by atoms with Crippen molar-refractivity contribution in [2.75, 3.05) is 14.1 Å². The summed E-state index contributed by atoms with van der Waals surface area (Å²) >= 11 is 0. The summed E-state index contributed by atoms with van der Waals surface area (Å²) in [5, 5.41) is 3.10. The molecular weight excluding hydrogens is 200 g/mol. The zero-order valence-electron chi connectivity index (χ0n) is 11.1. The molecule has 0 saturated heterocycles. The van der Waals surface area contributed by atoms with E-state index in [0.717, 1.165) is 24.6 Å². The molecular formula is C13H24N2O. The number of rotatable bonds is 6. The first-order valence-corrected chi connectivity index (χ1v) is 6.01. The molecule has 1 N–H and O–H groups in total. The lowest BCUT2D eigenvalue weighted by molar-refractivity contribution is 0.242. The van der Waals surface area contributed by atoms with Crippen LogP contribution in [-0.4, -0.2) is 25.0 Å². The molecule has 0 bridgehead atoms. The highest BCUT2D eigenvalue weighted by Crippen LogP contribution is 2.17. The van der Waals surface area contributed by atoms with Gasteiger partial charge in [-0.25, -0.2) is 0 Å². The fraction of sp³-hybridized carbons (Fsp3) is 0.692. The van der Waals surface area contributed by atoms with E-state index in [9.17, 15) is 0 Å². The maximum Gasteiger partial charge on any atom is 0.118 e. The van der Waals surface area contributed by atoms with E-state index in [1.165, 1.54) is 12.0 Å². The Morgan fingerprint density at radius 3 is 2.75 bits per heavy atom. The molecule has 0 saturated carbocycles. The number of furan rings is 1. The van der Waals surface area contributed by atoms with Gasteiger partial charge in [0.05, 0.1) is 6.54 Å². The van der Waals surface area contributed by atoms with E-state index >= 15 is 0 Å². The Bertz CT molecular complexity index is 320. The fourth-order valence-corrected chi connectivity index (χ4v) is 1.74. The molecule has 1 heterocycles. The van der Waals surface area contributed by atoms with Gasteiger partial charge in [-0.2, -0.15) is 0 Å². The summed E-state index contributed by atoms with van der Waals surface area (Å²) in [5.41, 5.74) is 1.30. The quantitative estimate of drug-likeness (QED) is 0.805. The van der Waals surface area contributed by atoms with Crippen LogP contribution in [0.25, 0.3) is 0 Å². The normalized spacial score (nSPS) is 13.4. The van der Waals surface area contributed by atoms with Gasteiger partial charge in [-0.05, 0) is 40.4 Å². The summed E-state index contributed by atoms with van der Waals surface area (Å²) < 4.78 is 5.68. The number of hydrogen-bond donors (Lipinski definition) is 1. The molecule has 16 heavy (non-hydrogen) atoms. The third-order valence-electron chi connectivity index (χ3n) is 3.19. The highest BCUT2D eigenvalue weighted by atomic mass is 16.3. The van der Waals surface area contributed by atoms with E-state index in [1.54, 1.807) is 0 Å². The molecule has 1 rings (SSSR count). The van der Waals surface area contributed by atoms with Crippen molar-refractivity contribution in [3.05, 3.63) is 23.2 Å². The molecule has 92 valence electrons. The lowest BCUT2D eigenvalue weighted by Crippen LogP contribution is -2.27. The predicted molar refractivity (Wildman–Crippen MR) is 67.4 cm³/mol. The van der Waals surface area contributed by atoms with Crippen molar-refractivity contribution in [2.45, 2.75) is 46.3 Å². The van der Waals surface area contributed by atoms with Crippen molar-refractivity contribution in [2.24, 2.45) is 0 Å². The zero-order chi connectivity index (χ0) is 12.1. The fourth-order valence-electron chi connectivity index (χ4n) is 1.74. The summed E-state index contributed by atoms with van der Waals surface area (Å²) in [6, 6.07) is 2.77. The topological polar surface area (TPSA) is 28.4 Å². The van der Waals surface area contributed by atoms with Crippen LogP contribution < -0.4 is 5.32 Å². The number of nitrogens with one attached hydrogen (secondary N) is 1. The van der Waals surface area contributed by atoms with Crippen LogP contribution in [0.1, 0.15) is 37.4 Å². The molecule has 0 fully saturated rings. The molecule has 0 spiro atoms. The van der Waals surface area contributed by atoms with Crippen LogP contribution in [0.5, 0.6) is 0 Å². The van der Waals surface area contributed by atoms with Crippen LogP contribution in [0.15, 0.2) is 10.5 Å². The monoisotopic (exact) mass is 224 g/mol. The minimum atomic E-state index is 0.613. The van der Waals surface area contributed by atoms with Crippen molar-refractivity contribution in [3.63, 3.8) is 0 Å². The van der Waals surface area contributed by atoms with E-state index in [-0.39, 0.29) is 0 Å². The molecule has 3 nitrogen and oxygen atoms in total. The Kier molecular flexibility index (Phi) is 5.03. The second-order valence-electron chi connectivity index (χ2n) is 4.50. The molecule has 0 aliphatic rings. The summed E-state index contributed by atoms with van der Waals surface area (Å²) in [7, 11) is 4.10. The van der Waals surface area contributed by atoms with E-state index in [1.807, 2.05) is 14.0 Å². The lowest BCUT2D eigenvalue weighted by atomic mass is 10.2. The highest BCUT2D eigenvalue weighted by molar-refractivity contribution is 5.20. The first kappa shape index (κ1) is 13.3. The molecule has 0 radical (unpaired) electrons. The molecule has 0 aromatic carbocycles. The van der Waals surface area contributed by atoms with Crippen molar-refractivity contribution in [1.82, 2.24) is 10.2 Å². The van der Waals surface area contributed by atoms with Crippen LogP contribution in [0.4, 0.5) is 0 Å². The molecule has 1 atom stereocenters. The van der Waals surface area contributed by atoms with E-state index in [0.29, 0.717) is 6.04 Å². The third-order valence-corrected chi connectivity index (χ3v) is 3.19. The van der Waals surface area contributed by atoms with Gasteiger partial charge in [0.25, 0.3) is 0 Å². The largest absolute Gasteiger partial charge is 0.465 e. The molecule has 0 amide bonds. The Balaban J connectivity index is 2.65. The molecule has 1 aromatic heterocycles. The molecule has 0 aliphatic heterocycles. The standard InChI is InChI=1S/C13H24N2O/c1-6-10(2)15(5)9-12-7-13(8-14-4)16-11(12)3/h7,10,14H,6,8-9H2,1-5H3. The summed E-state index contributed by atoms with van der Waals surface area (Å²) in [4.78, 5) is 2.36. The van der Waals surface area contributed by atoms with E-state index < -0.39 is 0 Å². The van der Waals surface area contributed by atoms with Crippen LogP contribution in [0, 0.1) is 6.92 Å². The van der Waals surface area contributed by atoms with Gasteiger partial charge in [-0.15, -0.1) is 0 Å². The van der Waals surface area contributed by atoms with Gasteiger partial charge in [0.2, 0.25) is 0 Å². The lowest BCUT2D eigenvalue weighted by Gasteiger charge is -2.22. The van der Waals surface area contributed by atoms with Crippen molar-refractivity contribution in [3.8, 4) is 0 Å². The Labute approximate surface area is 98.8 Å². The van der Waals surface area contributed by atoms with Gasteiger partial charge in [0, 0.05) is 18.2 Å². The van der Waals surface area contributed by atoms with Crippen LogP contribution >= 0.6 is 0 Å². The van der Waals surface area contributed by atoms with Gasteiger partial charge >= 0.3 is 0 Å². The maximum absolute atomic E-state index is 5.68. The Hall–Kier alpha value is -0.800. The van der Waals surface area contributed by atoms with Crippen LogP contribution in [-0.2, 0) is 13.1 Å². The van der Waals surface area contributed by atoms with E-state index in [4.69, 9.17) is 4.42 Å². The second kappa shape index (κ2) is 6.06. The second-order valence-corrected chi connectivity index (χ2v) is 4.50. The summed E-state index contributed by atoms with van der Waals surface area (Å²) in [5.74, 6) is 2.06. The summed E-state index contributed by atoms with van der Waals surface area (Å²) in [6.45, 7) is 8.28. The third kappa shape index (κ3) is 3.35. The summed E-state index contributed by atoms with van der Waals surface area (Å²) in [6.07, 6.45) is 1.18. The van der Waals surface area contributed by atoms with E-state index in [2.05, 4.69) is 37.2 Å². The SMILES string of the molecule is CCC(C)N(C)Cc1cc(CNC)oc1C. The van der Waals surface area contributed by atoms with Gasteiger partial charge in [0.1, 0.15) is 11.5 Å². The zero-order valence-corrected chi connectivity index (χ0v) is 11.1. The molecule has 3 heteroatoms. The Morgan fingerprint density at radius 1 is 1.50 bits per heavy atom. The molecule has 1 aromatic rings. The average Bonchev–Trinajstić information content (AvgIpc) is 2.58. The van der Waals surface area contributed by atoms with Gasteiger partial charge in [-0.1, -0.05) is 6.92 Å². The van der Waals surface area contributed by atoms with Crippen molar-refractivity contribution < 1.29 is 4.42 Å². The van der Waals surface area contributed by atoms with Crippen molar-refractivity contribution >= 4 is 0 Å². The van der Waals surface area contributed by atoms with Gasteiger partial charge < -0.3 is 9.73 Å². The minimum Gasteiger partial charge on any atom is -0.465 e. The number of nitrogens with zero attached hydrogens (tertiary/aromatic N) is 1. The van der Waals surface area contributed by atoms with Crippen LogP contribution in [0.2, 0.25) is 0 Å². The number of hydrogen-bond acceptors (Lipinski definition) is 3. The van der Waals surface area contributed by atoms with Gasteiger partial charge in [0.15, 0.2) is 0 Å². The smallest absolute Gasteiger partial charge is 0.118 e. The first-order chi connectivity index (χ1) is 7.58. The Morgan fingerprint density at radius 2 is 2.19 bits per heavy atom.